The minimum absolute atomic E-state index is 0.135. The monoisotopic (exact) mass is 354 g/mol. The van der Waals surface area contributed by atoms with Crippen molar-refractivity contribution in [3.05, 3.63) is 58.9 Å². The van der Waals surface area contributed by atoms with Gasteiger partial charge >= 0.3 is 0 Å². The number of nitrogens with zero attached hydrogens (tertiary/aromatic N) is 2. The number of aromatic nitrogens is 2. The lowest BCUT2D eigenvalue weighted by molar-refractivity contribution is -0.120. The predicted octanol–water partition coefficient (Wildman–Crippen LogP) is 2.53. The summed E-state index contributed by atoms with van der Waals surface area (Å²) in [7, 11) is 1.72. The van der Waals surface area contributed by atoms with E-state index in [1.165, 1.54) is 0 Å². The zero-order valence-corrected chi connectivity index (χ0v) is 14.2. The minimum atomic E-state index is -0.602. The molecule has 4 rings (SSSR count). The molecule has 3 aromatic rings. The number of pyridine rings is 1. The molecule has 0 unspecified atom stereocenters. The highest BCUT2D eigenvalue weighted by Crippen LogP contribution is 2.26. The van der Waals surface area contributed by atoms with Crippen molar-refractivity contribution in [1.82, 2.24) is 15.3 Å². The van der Waals surface area contributed by atoms with E-state index >= 15 is 0 Å². The molecule has 1 atom stereocenters. The molecule has 1 aromatic carbocycles. The second kappa shape index (κ2) is 5.89. The first-order chi connectivity index (χ1) is 12.0. The third kappa shape index (κ3) is 2.74. The van der Waals surface area contributed by atoms with E-state index in [2.05, 4.69) is 15.3 Å². The van der Waals surface area contributed by atoms with Gasteiger partial charge in [-0.3, -0.25) is 9.59 Å². The van der Waals surface area contributed by atoms with Gasteiger partial charge in [-0.25, -0.2) is 4.98 Å². The van der Waals surface area contributed by atoms with E-state index < -0.39 is 6.04 Å². The van der Waals surface area contributed by atoms with Crippen LogP contribution in [0.1, 0.15) is 16.1 Å². The van der Waals surface area contributed by atoms with Crippen molar-refractivity contribution in [1.29, 1.82) is 0 Å². The van der Waals surface area contributed by atoms with Gasteiger partial charge in [-0.1, -0.05) is 29.8 Å². The van der Waals surface area contributed by atoms with Crippen molar-refractivity contribution < 1.29 is 9.59 Å². The van der Waals surface area contributed by atoms with Crippen LogP contribution in [-0.2, 0) is 11.2 Å². The Morgan fingerprint density at radius 2 is 2.12 bits per heavy atom. The number of fused-ring (bicyclic) bond motifs is 2. The molecule has 126 valence electrons. The number of hydrogen-bond donors (Lipinski definition) is 2. The van der Waals surface area contributed by atoms with Crippen LogP contribution in [0.5, 0.6) is 0 Å². The number of hydrogen-bond acceptors (Lipinski definition) is 3. The molecule has 0 saturated carbocycles. The first kappa shape index (κ1) is 15.7. The van der Waals surface area contributed by atoms with Crippen LogP contribution in [0.4, 0.5) is 5.69 Å². The average molecular weight is 355 g/mol. The van der Waals surface area contributed by atoms with Crippen molar-refractivity contribution >= 4 is 40.1 Å². The number of carbonyl (C=O) groups is 2. The van der Waals surface area contributed by atoms with Gasteiger partial charge in [0.2, 0.25) is 5.91 Å². The van der Waals surface area contributed by atoms with Gasteiger partial charge < -0.3 is 15.2 Å². The standard InChI is InChI=1S/C18H15ClN4O2/c1-23-14-5-3-2-4-10(14)8-13(18(23)25)21-17(24)12-9-11-6-7-15(19)22-16(11)20-12/h2-7,9,13H,8H2,1H3,(H,20,22)(H,21,24)/t13-/m0/s1. The highest BCUT2D eigenvalue weighted by molar-refractivity contribution is 6.29. The molecule has 25 heavy (non-hydrogen) atoms. The predicted molar refractivity (Wildman–Crippen MR) is 95.9 cm³/mol. The van der Waals surface area contributed by atoms with Gasteiger partial charge in [-0.05, 0) is 29.8 Å². The van der Waals surface area contributed by atoms with Crippen molar-refractivity contribution in [3.8, 4) is 0 Å². The second-order valence-corrected chi connectivity index (χ2v) is 6.40. The number of halogens is 1. The maximum absolute atomic E-state index is 12.6. The molecule has 0 bridgehead atoms. The van der Waals surface area contributed by atoms with Crippen LogP contribution in [0.15, 0.2) is 42.5 Å². The van der Waals surface area contributed by atoms with E-state index in [4.69, 9.17) is 11.6 Å². The quantitative estimate of drug-likeness (QED) is 0.694. The summed E-state index contributed by atoms with van der Waals surface area (Å²) < 4.78 is 0. The third-order valence-corrected chi connectivity index (χ3v) is 4.61. The fourth-order valence-corrected chi connectivity index (χ4v) is 3.27. The third-order valence-electron chi connectivity index (χ3n) is 4.40. The number of rotatable bonds is 2. The van der Waals surface area contributed by atoms with Crippen LogP contribution in [0.2, 0.25) is 5.15 Å². The van der Waals surface area contributed by atoms with Gasteiger partial charge in [0.1, 0.15) is 22.5 Å². The van der Waals surface area contributed by atoms with Crippen LogP contribution < -0.4 is 10.2 Å². The van der Waals surface area contributed by atoms with E-state index in [9.17, 15) is 9.59 Å². The fourth-order valence-electron chi connectivity index (χ4n) is 3.12. The number of nitrogens with one attached hydrogen (secondary N) is 2. The Bertz CT molecular complexity index is 998. The molecule has 0 saturated heterocycles. The lowest BCUT2D eigenvalue weighted by Gasteiger charge is -2.31. The van der Waals surface area contributed by atoms with Gasteiger partial charge in [-0.2, -0.15) is 0 Å². The van der Waals surface area contributed by atoms with E-state index in [1.54, 1.807) is 30.1 Å². The zero-order valence-electron chi connectivity index (χ0n) is 13.4. The second-order valence-electron chi connectivity index (χ2n) is 6.01. The van der Waals surface area contributed by atoms with E-state index in [0.717, 1.165) is 16.6 Å². The van der Waals surface area contributed by atoms with E-state index in [-0.39, 0.29) is 11.8 Å². The molecule has 6 nitrogen and oxygen atoms in total. The lowest BCUT2D eigenvalue weighted by Crippen LogP contribution is -2.51. The Kier molecular flexibility index (Phi) is 3.69. The van der Waals surface area contributed by atoms with Gasteiger partial charge in [0, 0.05) is 24.5 Å². The van der Waals surface area contributed by atoms with Gasteiger partial charge in [0.15, 0.2) is 0 Å². The number of aromatic amines is 1. The molecule has 0 radical (unpaired) electrons. The van der Waals surface area contributed by atoms with Crippen molar-refractivity contribution in [3.63, 3.8) is 0 Å². The Labute approximate surface area is 148 Å². The summed E-state index contributed by atoms with van der Waals surface area (Å²) in [5.74, 6) is -0.482. The number of carbonyl (C=O) groups excluding carboxylic acids is 2. The molecule has 2 aromatic heterocycles. The lowest BCUT2D eigenvalue weighted by atomic mass is 9.97. The van der Waals surface area contributed by atoms with Crippen LogP contribution >= 0.6 is 11.6 Å². The highest BCUT2D eigenvalue weighted by Gasteiger charge is 2.31. The number of anilines is 1. The summed E-state index contributed by atoms with van der Waals surface area (Å²) in [5, 5.41) is 3.94. The van der Waals surface area contributed by atoms with Crippen LogP contribution in [0.3, 0.4) is 0 Å². The Morgan fingerprint density at radius 3 is 2.96 bits per heavy atom. The molecule has 1 aliphatic heterocycles. The van der Waals surface area contributed by atoms with Gasteiger partial charge in [0.25, 0.3) is 5.91 Å². The summed E-state index contributed by atoms with van der Waals surface area (Å²) in [5.41, 5.74) is 2.79. The van der Waals surface area contributed by atoms with Crippen LogP contribution in [0, 0.1) is 0 Å². The summed E-state index contributed by atoms with van der Waals surface area (Å²) >= 11 is 5.86. The van der Waals surface area contributed by atoms with Gasteiger partial charge in [-0.15, -0.1) is 0 Å². The SMILES string of the molecule is CN1C(=O)[C@@H](NC(=O)c2cc3ccc(Cl)nc3[nH]2)Cc2ccccc21. The fraction of sp³-hybridized carbons (Fsp3) is 0.167. The molecule has 3 heterocycles. The number of amides is 2. The molecular weight excluding hydrogens is 340 g/mol. The highest BCUT2D eigenvalue weighted by atomic mass is 35.5. The largest absolute Gasteiger partial charge is 0.339 e. The Hall–Kier alpha value is -2.86. The first-order valence-electron chi connectivity index (χ1n) is 7.84. The summed E-state index contributed by atoms with van der Waals surface area (Å²) in [6.07, 6.45) is 0.468. The number of para-hydroxylation sites is 1. The van der Waals surface area contributed by atoms with Crippen molar-refractivity contribution in [2.24, 2.45) is 0 Å². The molecule has 0 fully saturated rings. The molecular formula is C18H15ClN4O2. The summed E-state index contributed by atoms with van der Waals surface area (Å²) in [4.78, 5) is 33.8. The van der Waals surface area contributed by atoms with E-state index in [1.807, 2.05) is 24.3 Å². The summed E-state index contributed by atoms with van der Waals surface area (Å²) in [6, 6.07) is 12.2. The average Bonchev–Trinajstić information content (AvgIpc) is 3.02. The normalized spacial score (nSPS) is 16.8. The molecule has 2 N–H and O–H groups in total. The maximum atomic E-state index is 12.6. The Balaban J connectivity index is 1.59. The Morgan fingerprint density at radius 1 is 1.32 bits per heavy atom. The van der Waals surface area contributed by atoms with Crippen molar-refractivity contribution in [2.45, 2.75) is 12.5 Å². The molecule has 1 aliphatic rings. The summed E-state index contributed by atoms with van der Waals surface area (Å²) in [6.45, 7) is 0. The minimum Gasteiger partial charge on any atom is -0.339 e. The molecule has 7 heteroatoms. The van der Waals surface area contributed by atoms with Crippen LogP contribution in [0.25, 0.3) is 11.0 Å². The number of H-pyrrole nitrogens is 1. The molecule has 0 spiro atoms. The molecule has 2 amide bonds. The first-order valence-corrected chi connectivity index (χ1v) is 8.22. The van der Waals surface area contributed by atoms with Crippen LogP contribution in [-0.4, -0.2) is 34.9 Å². The topological polar surface area (TPSA) is 78.1 Å². The molecule has 0 aliphatic carbocycles. The number of benzene rings is 1. The smallest absolute Gasteiger partial charge is 0.268 e. The van der Waals surface area contributed by atoms with Gasteiger partial charge in [0.05, 0.1) is 0 Å². The maximum Gasteiger partial charge on any atom is 0.268 e. The van der Waals surface area contributed by atoms with Crippen molar-refractivity contribution in [2.75, 3.05) is 11.9 Å². The van der Waals surface area contributed by atoms with E-state index in [0.29, 0.717) is 22.9 Å². The zero-order chi connectivity index (χ0) is 17.6. The number of likely N-dealkylation sites (N-methyl/N-ethyl adjacent to an activating group) is 1.